The molecule has 0 aliphatic heterocycles. The summed E-state index contributed by atoms with van der Waals surface area (Å²) in [4.78, 5) is 47.0. The number of carbonyl (C=O) groups is 4. The Kier molecular flexibility index (Phi) is 9.68. The minimum atomic E-state index is -1.40. The second kappa shape index (κ2) is 12.2. The molecular formula is C17H18Cl2N6O6S. The van der Waals surface area contributed by atoms with Gasteiger partial charge in [-0.3, -0.25) is 14.4 Å². The second-order valence-corrected chi connectivity index (χ2v) is 7.94. The van der Waals surface area contributed by atoms with E-state index >= 15 is 0 Å². The Labute approximate surface area is 196 Å². The summed E-state index contributed by atoms with van der Waals surface area (Å²) in [6, 6.07) is 3.52. The second-order valence-electron chi connectivity index (χ2n) is 6.15. The van der Waals surface area contributed by atoms with Crippen molar-refractivity contribution in [2.75, 3.05) is 13.2 Å². The molecule has 12 nitrogen and oxygen atoms in total. The lowest BCUT2D eigenvalue weighted by Gasteiger charge is -2.16. The number of benzene rings is 1. The predicted octanol–water partition coefficient (Wildman–Crippen LogP) is 1.41. The van der Waals surface area contributed by atoms with Gasteiger partial charge in [0.05, 0.1) is 27.9 Å². The van der Waals surface area contributed by atoms with Crippen LogP contribution in [0.25, 0.3) is 0 Å². The highest BCUT2D eigenvalue weighted by Gasteiger charge is 2.26. The van der Waals surface area contributed by atoms with Crippen molar-refractivity contribution in [1.29, 1.82) is 0 Å². The SMILES string of the molecule is CC(=O)NCCOC(=O)NC(CC(=O)O)C(=O)Cn1nnnc1Sc1c(Cl)cccc1Cl. The number of nitrogens with one attached hydrogen (secondary N) is 2. The fourth-order valence-corrected chi connectivity index (χ4v) is 3.70. The fraction of sp³-hybridized carbons (Fsp3) is 0.353. The molecular weight excluding hydrogens is 487 g/mol. The molecule has 0 saturated carbocycles. The van der Waals surface area contributed by atoms with Gasteiger partial charge in [-0.25, -0.2) is 9.48 Å². The molecule has 1 unspecified atom stereocenters. The van der Waals surface area contributed by atoms with Crippen LogP contribution in [-0.2, 0) is 25.7 Å². The number of carbonyl (C=O) groups excluding carboxylic acids is 3. The van der Waals surface area contributed by atoms with Crippen LogP contribution >= 0.6 is 35.0 Å². The molecule has 172 valence electrons. The van der Waals surface area contributed by atoms with E-state index < -0.39 is 36.9 Å². The highest BCUT2D eigenvalue weighted by Crippen LogP contribution is 2.37. The predicted molar refractivity (Wildman–Crippen MR) is 113 cm³/mol. The molecule has 32 heavy (non-hydrogen) atoms. The lowest BCUT2D eigenvalue weighted by molar-refractivity contribution is -0.139. The third-order valence-electron chi connectivity index (χ3n) is 3.69. The third-order valence-corrected chi connectivity index (χ3v) is 5.66. The van der Waals surface area contributed by atoms with Gasteiger partial charge < -0.3 is 20.5 Å². The lowest BCUT2D eigenvalue weighted by Crippen LogP contribution is -2.44. The van der Waals surface area contributed by atoms with Gasteiger partial charge in [0, 0.05) is 6.92 Å². The van der Waals surface area contributed by atoms with Crippen LogP contribution in [0, 0.1) is 0 Å². The standard InChI is InChI=1S/C17H18Cl2N6O6S/c1-9(26)20-5-6-31-17(30)21-12(7-14(28)29)13(27)8-25-16(22-23-24-25)32-15-10(18)3-2-4-11(15)19/h2-4,12H,5-8H2,1H3,(H,20,26)(H,21,30)(H,28,29). The summed E-state index contributed by atoms with van der Waals surface area (Å²) in [5.74, 6) is -2.29. The molecule has 0 fully saturated rings. The normalized spacial score (nSPS) is 11.5. The molecule has 2 rings (SSSR count). The van der Waals surface area contributed by atoms with Crippen LogP contribution in [0.4, 0.5) is 4.79 Å². The largest absolute Gasteiger partial charge is 0.481 e. The van der Waals surface area contributed by atoms with E-state index in [1.807, 2.05) is 0 Å². The highest BCUT2D eigenvalue weighted by molar-refractivity contribution is 7.99. The Balaban J connectivity index is 2.04. The summed E-state index contributed by atoms with van der Waals surface area (Å²) in [6.07, 6.45) is -1.69. The van der Waals surface area contributed by atoms with Crippen LogP contribution in [0.3, 0.4) is 0 Å². The van der Waals surface area contributed by atoms with Gasteiger partial charge >= 0.3 is 12.1 Å². The van der Waals surface area contributed by atoms with Gasteiger partial charge in [0.1, 0.15) is 19.2 Å². The number of aliphatic carboxylic acids is 1. The fourth-order valence-electron chi connectivity index (χ4n) is 2.27. The number of Topliss-reactive ketones (excluding diaryl/α,β-unsaturated/α-hetero) is 1. The monoisotopic (exact) mass is 504 g/mol. The first-order chi connectivity index (χ1) is 15.2. The first-order valence-electron chi connectivity index (χ1n) is 8.97. The number of ketones is 1. The van der Waals surface area contributed by atoms with Gasteiger partial charge in [0.25, 0.3) is 0 Å². The van der Waals surface area contributed by atoms with E-state index in [0.717, 1.165) is 16.4 Å². The van der Waals surface area contributed by atoms with Crippen molar-refractivity contribution in [2.24, 2.45) is 0 Å². The molecule has 2 amide bonds. The number of amides is 2. The molecule has 2 aromatic rings. The van der Waals surface area contributed by atoms with Gasteiger partial charge in [-0.1, -0.05) is 29.3 Å². The minimum Gasteiger partial charge on any atom is -0.481 e. The zero-order valence-electron chi connectivity index (χ0n) is 16.6. The maximum Gasteiger partial charge on any atom is 0.407 e. The number of tetrazole rings is 1. The van der Waals surface area contributed by atoms with Crippen LogP contribution in [0.1, 0.15) is 13.3 Å². The average molecular weight is 505 g/mol. The lowest BCUT2D eigenvalue weighted by atomic mass is 10.1. The van der Waals surface area contributed by atoms with E-state index in [-0.39, 0.29) is 24.2 Å². The average Bonchev–Trinajstić information content (AvgIpc) is 3.14. The van der Waals surface area contributed by atoms with E-state index in [1.165, 1.54) is 6.92 Å². The van der Waals surface area contributed by atoms with Gasteiger partial charge in [-0.05, 0) is 34.3 Å². The van der Waals surface area contributed by atoms with Crippen LogP contribution in [-0.4, -0.2) is 68.3 Å². The molecule has 0 aliphatic rings. The molecule has 0 bridgehead atoms. The maximum absolute atomic E-state index is 12.7. The Morgan fingerprint density at radius 3 is 2.56 bits per heavy atom. The number of carboxylic acid groups (broad SMARTS) is 1. The van der Waals surface area contributed by atoms with Crippen LogP contribution < -0.4 is 10.6 Å². The molecule has 0 radical (unpaired) electrons. The van der Waals surface area contributed by atoms with Crippen molar-refractivity contribution < 1.29 is 29.0 Å². The molecule has 0 saturated heterocycles. The highest BCUT2D eigenvalue weighted by atomic mass is 35.5. The summed E-state index contributed by atoms with van der Waals surface area (Å²) in [7, 11) is 0. The number of halogens is 2. The van der Waals surface area contributed by atoms with Crippen LogP contribution in [0.5, 0.6) is 0 Å². The molecule has 1 heterocycles. The van der Waals surface area contributed by atoms with Crippen molar-refractivity contribution in [2.45, 2.75) is 36.0 Å². The smallest absolute Gasteiger partial charge is 0.407 e. The molecule has 1 aromatic carbocycles. The van der Waals surface area contributed by atoms with Crippen molar-refractivity contribution in [3.8, 4) is 0 Å². The van der Waals surface area contributed by atoms with E-state index in [2.05, 4.69) is 26.2 Å². The number of hydrogen-bond donors (Lipinski definition) is 3. The van der Waals surface area contributed by atoms with E-state index in [1.54, 1.807) is 18.2 Å². The number of rotatable bonds is 11. The zero-order chi connectivity index (χ0) is 23.7. The van der Waals surface area contributed by atoms with E-state index in [4.69, 9.17) is 33.0 Å². The van der Waals surface area contributed by atoms with Gasteiger partial charge in [0.2, 0.25) is 11.1 Å². The summed E-state index contributed by atoms with van der Waals surface area (Å²) >= 11 is 13.3. The summed E-state index contributed by atoms with van der Waals surface area (Å²) in [5, 5.41) is 25.7. The number of aromatic nitrogens is 4. The van der Waals surface area contributed by atoms with Crippen molar-refractivity contribution in [3.05, 3.63) is 28.2 Å². The number of nitrogens with zero attached hydrogens (tertiary/aromatic N) is 4. The van der Waals surface area contributed by atoms with Gasteiger partial charge in [-0.15, -0.1) is 5.10 Å². The first kappa shape index (κ1) is 25.4. The third kappa shape index (κ3) is 7.98. The van der Waals surface area contributed by atoms with Crippen LogP contribution in [0.2, 0.25) is 10.0 Å². The zero-order valence-corrected chi connectivity index (χ0v) is 18.9. The Morgan fingerprint density at radius 1 is 1.25 bits per heavy atom. The van der Waals surface area contributed by atoms with Gasteiger partial charge in [0.15, 0.2) is 5.78 Å². The summed E-state index contributed by atoms with van der Waals surface area (Å²) in [5.41, 5.74) is 0. The minimum absolute atomic E-state index is 0.0656. The van der Waals surface area contributed by atoms with Crippen molar-refractivity contribution in [3.63, 3.8) is 0 Å². The summed E-state index contributed by atoms with van der Waals surface area (Å²) < 4.78 is 5.96. The van der Waals surface area contributed by atoms with Gasteiger partial charge in [-0.2, -0.15) is 0 Å². The Hall–Kier alpha value is -2.90. The molecule has 15 heteroatoms. The van der Waals surface area contributed by atoms with Crippen LogP contribution in [0.15, 0.2) is 28.3 Å². The molecule has 1 atom stereocenters. The molecule has 1 aromatic heterocycles. The Bertz CT molecular complexity index is 983. The van der Waals surface area contributed by atoms with Crippen molar-refractivity contribution >= 4 is 58.7 Å². The Morgan fingerprint density at radius 2 is 1.94 bits per heavy atom. The van der Waals surface area contributed by atoms with Crippen molar-refractivity contribution in [1.82, 2.24) is 30.8 Å². The quantitative estimate of drug-likeness (QED) is 0.380. The first-order valence-corrected chi connectivity index (χ1v) is 10.5. The molecule has 3 N–H and O–H groups in total. The molecule has 0 spiro atoms. The maximum atomic E-state index is 12.7. The van der Waals surface area contributed by atoms with E-state index in [0.29, 0.717) is 14.9 Å². The topological polar surface area (TPSA) is 165 Å². The number of carboxylic acids is 1. The number of hydrogen-bond acceptors (Lipinski definition) is 9. The number of ether oxygens (including phenoxy) is 1. The number of alkyl carbamates (subject to hydrolysis) is 1. The summed E-state index contributed by atoms with van der Waals surface area (Å²) in [6.45, 7) is 0.774. The van der Waals surface area contributed by atoms with E-state index in [9.17, 15) is 19.2 Å². The molecule has 0 aliphatic carbocycles.